The Bertz CT molecular complexity index is 1030. The summed E-state index contributed by atoms with van der Waals surface area (Å²) in [5.41, 5.74) is 2.47. The molecule has 2 aromatic rings. The fourth-order valence-corrected chi connectivity index (χ4v) is 7.31. The van der Waals surface area contributed by atoms with Crippen LogP contribution in [0.1, 0.15) is 35.8 Å². The Hall–Kier alpha value is -1.48. The number of fused-ring (bicyclic) bond motifs is 6. The van der Waals surface area contributed by atoms with Crippen molar-refractivity contribution in [2.45, 2.75) is 24.7 Å². The van der Waals surface area contributed by atoms with Gasteiger partial charge in [-0.3, -0.25) is 0 Å². The molecular weight excluding hydrogens is 576 g/mol. The number of benzene rings is 2. The molecule has 0 radical (unpaired) electrons. The van der Waals surface area contributed by atoms with E-state index in [-0.39, 0.29) is 6.79 Å². The van der Waals surface area contributed by atoms with Crippen LogP contribution in [-0.2, 0) is 0 Å². The van der Waals surface area contributed by atoms with Crippen LogP contribution in [0.3, 0.4) is 0 Å². The zero-order valence-electron chi connectivity index (χ0n) is 20.3. The Labute approximate surface area is 224 Å². The van der Waals surface area contributed by atoms with E-state index in [0.717, 1.165) is 71.3 Å². The molecule has 188 valence electrons. The lowest BCUT2D eigenvalue weighted by Gasteiger charge is -2.41. The molecule has 0 spiro atoms. The highest BCUT2D eigenvalue weighted by atomic mass is 79.9. The summed E-state index contributed by atoms with van der Waals surface area (Å²) in [6, 6.07) is 8.24. The van der Waals surface area contributed by atoms with Crippen molar-refractivity contribution in [1.82, 2.24) is 9.80 Å². The van der Waals surface area contributed by atoms with Gasteiger partial charge in [-0.1, -0.05) is 0 Å². The van der Waals surface area contributed by atoms with Gasteiger partial charge < -0.3 is 28.7 Å². The van der Waals surface area contributed by atoms with Crippen molar-refractivity contribution < 1.29 is 18.9 Å². The minimum Gasteiger partial charge on any atom is -0.492 e. The third kappa shape index (κ3) is 4.67. The summed E-state index contributed by atoms with van der Waals surface area (Å²) in [6.45, 7) is 6.09. The molecule has 6 nitrogen and oxygen atoms in total. The Balaban J connectivity index is 1.18. The number of ether oxygens (including phenoxy) is 4. The van der Waals surface area contributed by atoms with Gasteiger partial charge in [0.1, 0.15) is 23.0 Å². The zero-order chi connectivity index (χ0) is 24.1. The number of likely N-dealkylation sites (tertiary alicyclic amines) is 2. The van der Waals surface area contributed by atoms with Gasteiger partial charge in [0.2, 0.25) is 6.79 Å². The van der Waals surface area contributed by atoms with Crippen LogP contribution in [0.25, 0.3) is 0 Å². The summed E-state index contributed by atoms with van der Waals surface area (Å²) in [7, 11) is 4.40. The van der Waals surface area contributed by atoms with Gasteiger partial charge in [0.25, 0.3) is 0 Å². The predicted molar refractivity (Wildman–Crippen MR) is 142 cm³/mol. The van der Waals surface area contributed by atoms with Gasteiger partial charge in [-0.15, -0.1) is 0 Å². The summed E-state index contributed by atoms with van der Waals surface area (Å²) in [5.74, 6) is 5.57. The standard InChI is InChI=1S/C27H32Br2N2O4/c1-30-5-3-16-13-32-26-20(22(16)11-30)7-18(9-24(26)28)34-15-35-19-8-21-23-12-31(2)6-4-17(23)14-33-27(21)25(29)10-19/h7-10,16-17,22-23H,3-6,11-15H2,1-2H3/t16-,17-,22-,23-/m0/s1. The Morgan fingerprint density at radius 3 is 1.69 bits per heavy atom. The van der Waals surface area contributed by atoms with E-state index in [1.165, 1.54) is 24.0 Å². The predicted octanol–water partition coefficient (Wildman–Crippen LogP) is 5.48. The van der Waals surface area contributed by atoms with Gasteiger partial charge >= 0.3 is 0 Å². The van der Waals surface area contributed by atoms with Crippen molar-refractivity contribution >= 4 is 31.9 Å². The van der Waals surface area contributed by atoms with Gasteiger partial charge in [-0.25, -0.2) is 0 Å². The maximum Gasteiger partial charge on any atom is 0.230 e. The minimum atomic E-state index is 0.139. The average molecular weight is 608 g/mol. The van der Waals surface area contributed by atoms with Crippen molar-refractivity contribution in [2.75, 3.05) is 60.3 Å². The first kappa shape index (κ1) is 23.9. The number of hydrogen-bond donors (Lipinski definition) is 0. The number of nitrogens with zero attached hydrogens (tertiary/aromatic N) is 2. The minimum absolute atomic E-state index is 0.139. The normalized spacial score (nSPS) is 28.0. The molecule has 0 amide bonds. The van der Waals surface area contributed by atoms with Gasteiger partial charge in [0.05, 0.1) is 22.2 Å². The van der Waals surface area contributed by atoms with E-state index in [2.05, 4.69) is 67.9 Å². The molecule has 0 saturated carbocycles. The van der Waals surface area contributed by atoms with E-state index in [1.807, 2.05) is 12.1 Å². The molecule has 4 heterocycles. The first-order valence-corrected chi connectivity index (χ1v) is 14.1. The van der Waals surface area contributed by atoms with E-state index < -0.39 is 0 Å². The first-order chi connectivity index (χ1) is 17.0. The van der Waals surface area contributed by atoms with Gasteiger partial charge in [-0.05, 0) is 96.2 Å². The highest BCUT2D eigenvalue weighted by Crippen LogP contribution is 2.47. The van der Waals surface area contributed by atoms with E-state index >= 15 is 0 Å². The fourth-order valence-electron chi connectivity index (χ4n) is 6.18. The summed E-state index contributed by atoms with van der Waals surface area (Å²) in [5, 5.41) is 0. The molecule has 4 aliphatic heterocycles. The molecule has 0 N–H and O–H groups in total. The molecule has 2 aromatic carbocycles. The monoisotopic (exact) mass is 606 g/mol. The van der Waals surface area contributed by atoms with Crippen LogP contribution in [0.15, 0.2) is 33.2 Å². The van der Waals surface area contributed by atoms with Crippen molar-refractivity contribution in [3.05, 3.63) is 44.3 Å². The van der Waals surface area contributed by atoms with E-state index in [0.29, 0.717) is 23.7 Å². The second-order valence-corrected chi connectivity index (χ2v) is 12.2. The third-order valence-corrected chi connectivity index (χ3v) is 9.32. The molecule has 35 heavy (non-hydrogen) atoms. The molecule has 0 bridgehead atoms. The van der Waals surface area contributed by atoms with Crippen LogP contribution in [0.2, 0.25) is 0 Å². The molecule has 2 saturated heterocycles. The highest BCUT2D eigenvalue weighted by Gasteiger charge is 2.37. The average Bonchev–Trinajstić information content (AvgIpc) is 2.84. The van der Waals surface area contributed by atoms with Crippen LogP contribution in [0, 0.1) is 11.8 Å². The second-order valence-electron chi connectivity index (χ2n) is 10.5. The first-order valence-electron chi connectivity index (χ1n) is 12.5. The fraction of sp³-hybridized carbons (Fsp3) is 0.556. The van der Waals surface area contributed by atoms with Crippen molar-refractivity contribution in [3.8, 4) is 23.0 Å². The second kappa shape index (κ2) is 9.77. The van der Waals surface area contributed by atoms with Crippen molar-refractivity contribution in [3.63, 3.8) is 0 Å². The van der Waals surface area contributed by atoms with Crippen LogP contribution in [0.5, 0.6) is 23.0 Å². The summed E-state index contributed by atoms with van der Waals surface area (Å²) >= 11 is 7.41. The molecular formula is C27H32Br2N2O4. The largest absolute Gasteiger partial charge is 0.492 e. The summed E-state index contributed by atoms with van der Waals surface area (Å²) in [4.78, 5) is 4.82. The van der Waals surface area contributed by atoms with E-state index in [4.69, 9.17) is 18.9 Å². The Kier molecular flexibility index (Phi) is 6.67. The van der Waals surface area contributed by atoms with Crippen molar-refractivity contribution in [2.24, 2.45) is 11.8 Å². The SMILES string of the molecule is CN1CC[C@H]2COc3c(Br)cc(OCOc4cc(Br)c5c(c4)[C@H]4CN(C)CC[C@H]4CO5)cc3[C@H]2C1. The van der Waals surface area contributed by atoms with Crippen molar-refractivity contribution in [1.29, 1.82) is 0 Å². The highest BCUT2D eigenvalue weighted by molar-refractivity contribution is 9.11. The molecule has 0 aliphatic carbocycles. The van der Waals surface area contributed by atoms with Gasteiger partial charge in [0.15, 0.2) is 0 Å². The Morgan fingerprint density at radius 1 is 0.771 bits per heavy atom. The molecule has 6 rings (SSSR count). The summed E-state index contributed by atoms with van der Waals surface area (Å²) in [6.07, 6.45) is 2.34. The smallest absolute Gasteiger partial charge is 0.230 e. The van der Waals surface area contributed by atoms with E-state index in [1.54, 1.807) is 0 Å². The lowest BCUT2D eigenvalue weighted by atomic mass is 9.79. The van der Waals surface area contributed by atoms with E-state index in [9.17, 15) is 0 Å². The topological polar surface area (TPSA) is 43.4 Å². The molecule has 4 aliphatic rings. The molecule has 0 aromatic heterocycles. The number of piperidine rings is 2. The number of hydrogen-bond acceptors (Lipinski definition) is 6. The number of rotatable bonds is 4. The molecule has 2 fully saturated rings. The lowest BCUT2D eigenvalue weighted by molar-refractivity contribution is 0.106. The maximum atomic E-state index is 6.13. The van der Waals surface area contributed by atoms with Gasteiger partial charge in [0, 0.05) is 47.9 Å². The van der Waals surface area contributed by atoms with Crippen LogP contribution < -0.4 is 18.9 Å². The Morgan fingerprint density at radius 2 is 1.23 bits per heavy atom. The lowest BCUT2D eigenvalue weighted by Crippen LogP contribution is -2.41. The number of likely N-dealkylation sites (N-methyl/N-ethyl adjacent to an activating group) is 2. The number of halogens is 2. The quantitative estimate of drug-likeness (QED) is 0.429. The molecule has 0 unspecified atom stereocenters. The summed E-state index contributed by atoms with van der Waals surface area (Å²) < 4.78 is 26.3. The van der Waals surface area contributed by atoms with Crippen LogP contribution >= 0.6 is 31.9 Å². The zero-order valence-corrected chi connectivity index (χ0v) is 23.4. The van der Waals surface area contributed by atoms with Crippen LogP contribution in [-0.4, -0.2) is 70.1 Å². The van der Waals surface area contributed by atoms with Gasteiger partial charge in [-0.2, -0.15) is 0 Å². The third-order valence-electron chi connectivity index (χ3n) is 8.14. The molecule has 4 atom stereocenters. The molecule has 8 heteroatoms. The maximum absolute atomic E-state index is 6.13. The van der Waals surface area contributed by atoms with Crippen LogP contribution in [0.4, 0.5) is 0 Å².